The molecule has 1 N–H and O–H groups in total. The van der Waals surface area contributed by atoms with Crippen LogP contribution >= 0.6 is 0 Å². The van der Waals surface area contributed by atoms with Gasteiger partial charge in [0.15, 0.2) is 12.4 Å². The Hall–Kier alpha value is -3.24. The van der Waals surface area contributed by atoms with Crippen molar-refractivity contribution in [3.63, 3.8) is 0 Å². The lowest BCUT2D eigenvalue weighted by molar-refractivity contribution is 0.0797. The molecule has 11 heteroatoms. The number of halogens is 2. The molecule has 1 amide bonds. The number of aryl methyl sites for hydroxylation is 1. The second-order valence-electron chi connectivity index (χ2n) is 4.62. The average Bonchev–Trinajstić information content (AvgIpc) is 2.97. The average molecular weight is 335 g/mol. The van der Waals surface area contributed by atoms with E-state index in [1.54, 1.807) is 19.2 Å². The van der Waals surface area contributed by atoms with E-state index in [1.807, 2.05) is 0 Å². The van der Waals surface area contributed by atoms with Crippen molar-refractivity contribution in [3.8, 4) is 5.88 Å². The summed E-state index contributed by atoms with van der Waals surface area (Å²) in [6.07, 6.45) is 1.48. The van der Waals surface area contributed by atoms with Crippen LogP contribution < -0.4 is 10.1 Å². The van der Waals surface area contributed by atoms with Gasteiger partial charge in [-0.2, -0.15) is 4.98 Å². The molecular weight excluding hydrogens is 324 g/mol. The van der Waals surface area contributed by atoms with E-state index in [-0.39, 0.29) is 23.3 Å². The summed E-state index contributed by atoms with van der Waals surface area (Å²) < 4.78 is 30.6. The number of fused-ring (bicyclic) bond motifs is 1. The molecule has 0 spiro atoms. The highest BCUT2D eigenvalue weighted by atomic mass is 19.3. The number of aromatic nitrogens is 6. The van der Waals surface area contributed by atoms with Gasteiger partial charge in [-0.05, 0) is 13.0 Å². The minimum atomic E-state index is -2.68. The third kappa shape index (κ3) is 3.39. The monoisotopic (exact) mass is 335 g/mol. The van der Waals surface area contributed by atoms with Crippen LogP contribution in [0.15, 0.2) is 24.7 Å². The van der Waals surface area contributed by atoms with Gasteiger partial charge in [0.2, 0.25) is 5.82 Å². The second-order valence-corrected chi connectivity index (χ2v) is 4.62. The van der Waals surface area contributed by atoms with E-state index < -0.39 is 18.9 Å². The number of ether oxygens (including phenoxy) is 1. The Bertz CT molecular complexity index is 884. The number of rotatable bonds is 5. The Balaban J connectivity index is 1.81. The Morgan fingerprint density at radius 3 is 2.92 bits per heavy atom. The van der Waals surface area contributed by atoms with E-state index in [0.29, 0.717) is 0 Å². The van der Waals surface area contributed by atoms with E-state index in [1.165, 1.54) is 16.9 Å². The molecule has 0 aliphatic carbocycles. The summed E-state index contributed by atoms with van der Waals surface area (Å²) in [4.78, 5) is 27.9. The zero-order valence-corrected chi connectivity index (χ0v) is 12.3. The summed E-state index contributed by atoms with van der Waals surface area (Å²) in [7, 11) is 0. The summed E-state index contributed by atoms with van der Waals surface area (Å²) >= 11 is 0. The van der Waals surface area contributed by atoms with Crippen molar-refractivity contribution in [2.45, 2.75) is 13.3 Å². The van der Waals surface area contributed by atoms with Crippen LogP contribution in [0.2, 0.25) is 0 Å². The third-order valence-electron chi connectivity index (χ3n) is 2.79. The number of anilines is 1. The molecular formula is C13H11F2N7O2. The summed E-state index contributed by atoms with van der Waals surface area (Å²) in [5.41, 5.74) is 0.721. The molecule has 124 valence electrons. The molecule has 3 rings (SSSR count). The van der Waals surface area contributed by atoms with E-state index in [4.69, 9.17) is 4.74 Å². The van der Waals surface area contributed by atoms with Crippen LogP contribution in [0.25, 0.3) is 5.78 Å². The summed E-state index contributed by atoms with van der Waals surface area (Å²) in [5.74, 6) is -0.914. The molecule has 24 heavy (non-hydrogen) atoms. The highest BCUT2D eigenvalue weighted by Gasteiger charge is 2.18. The van der Waals surface area contributed by atoms with Crippen molar-refractivity contribution in [1.82, 2.24) is 29.5 Å². The lowest BCUT2D eigenvalue weighted by Crippen LogP contribution is -2.17. The normalized spacial score (nSPS) is 11.0. The molecule has 0 fully saturated rings. The molecule has 0 radical (unpaired) electrons. The van der Waals surface area contributed by atoms with Crippen LogP contribution in [-0.4, -0.2) is 48.5 Å². The maximum atomic E-state index is 12.2. The van der Waals surface area contributed by atoms with Crippen molar-refractivity contribution in [3.05, 3.63) is 36.2 Å². The van der Waals surface area contributed by atoms with E-state index in [0.717, 1.165) is 5.69 Å². The van der Waals surface area contributed by atoms with Gasteiger partial charge in [0, 0.05) is 24.3 Å². The fourth-order valence-corrected chi connectivity index (χ4v) is 1.78. The molecule has 0 atom stereocenters. The fraction of sp³-hybridized carbons (Fsp3) is 0.231. The Labute approximate surface area is 133 Å². The van der Waals surface area contributed by atoms with E-state index >= 15 is 0 Å². The predicted octanol–water partition coefficient (Wildman–Crippen LogP) is 1.12. The standard InChI is InChI=1S/C13H11F2N7O2/c1-7-2-5-22-13(18-7)20-9(21-22)11(23)19-10-12(17-4-3-16-10)24-6-8(14)15/h2-5,8H,6H2,1H3,(H,16,19,23). The van der Waals surface area contributed by atoms with Gasteiger partial charge in [0.05, 0.1) is 0 Å². The zero-order chi connectivity index (χ0) is 17.1. The molecule has 3 aromatic rings. The number of alkyl halides is 2. The zero-order valence-electron chi connectivity index (χ0n) is 12.3. The maximum absolute atomic E-state index is 12.2. The first-order chi connectivity index (χ1) is 11.5. The van der Waals surface area contributed by atoms with Crippen LogP contribution in [0, 0.1) is 6.92 Å². The van der Waals surface area contributed by atoms with Gasteiger partial charge < -0.3 is 4.74 Å². The molecule has 0 unspecified atom stereocenters. The highest BCUT2D eigenvalue weighted by molar-refractivity contribution is 6.01. The first kappa shape index (κ1) is 15.6. The minimum Gasteiger partial charge on any atom is -0.469 e. The largest absolute Gasteiger partial charge is 0.469 e. The van der Waals surface area contributed by atoms with Crippen LogP contribution in [-0.2, 0) is 0 Å². The number of carbonyl (C=O) groups excluding carboxylic acids is 1. The number of carbonyl (C=O) groups is 1. The maximum Gasteiger partial charge on any atom is 0.296 e. The lowest BCUT2D eigenvalue weighted by atomic mass is 10.5. The number of nitrogens with zero attached hydrogens (tertiary/aromatic N) is 6. The molecule has 0 bridgehead atoms. The van der Waals surface area contributed by atoms with Crippen molar-refractivity contribution in [1.29, 1.82) is 0 Å². The molecule has 9 nitrogen and oxygen atoms in total. The number of hydrogen-bond donors (Lipinski definition) is 1. The number of nitrogens with one attached hydrogen (secondary N) is 1. The Morgan fingerprint density at radius 2 is 2.12 bits per heavy atom. The SMILES string of the molecule is Cc1ccn2nc(C(=O)Nc3nccnc3OCC(F)F)nc2n1. The lowest BCUT2D eigenvalue weighted by Gasteiger charge is -2.08. The van der Waals surface area contributed by atoms with Gasteiger partial charge in [-0.1, -0.05) is 0 Å². The summed E-state index contributed by atoms with van der Waals surface area (Å²) in [6, 6.07) is 1.71. The Morgan fingerprint density at radius 1 is 1.33 bits per heavy atom. The predicted molar refractivity (Wildman–Crippen MR) is 77.0 cm³/mol. The van der Waals surface area contributed by atoms with Gasteiger partial charge in [-0.3, -0.25) is 10.1 Å². The highest BCUT2D eigenvalue weighted by Crippen LogP contribution is 2.18. The van der Waals surface area contributed by atoms with E-state index in [2.05, 4.69) is 30.4 Å². The molecule has 0 aliphatic rings. The molecule has 0 aromatic carbocycles. The first-order valence-electron chi connectivity index (χ1n) is 6.76. The van der Waals surface area contributed by atoms with Crippen molar-refractivity contribution in [2.75, 3.05) is 11.9 Å². The van der Waals surface area contributed by atoms with Crippen LogP contribution in [0.5, 0.6) is 5.88 Å². The van der Waals surface area contributed by atoms with Gasteiger partial charge in [0.25, 0.3) is 24.0 Å². The first-order valence-corrected chi connectivity index (χ1v) is 6.76. The quantitative estimate of drug-likeness (QED) is 0.744. The summed E-state index contributed by atoms with van der Waals surface area (Å²) in [6.45, 7) is 0.915. The van der Waals surface area contributed by atoms with Crippen molar-refractivity contribution in [2.24, 2.45) is 0 Å². The van der Waals surface area contributed by atoms with Crippen LogP contribution in [0.4, 0.5) is 14.6 Å². The minimum absolute atomic E-state index is 0.105. The van der Waals surface area contributed by atoms with Crippen molar-refractivity contribution < 1.29 is 18.3 Å². The van der Waals surface area contributed by atoms with E-state index in [9.17, 15) is 13.6 Å². The third-order valence-corrected chi connectivity index (χ3v) is 2.79. The topological polar surface area (TPSA) is 107 Å². The summed E-state index contributed by atoms with van der Waals surface area (Å²) in [5, 5.41) is 6.35. The van der Waals surface area contributed by atoms with Crippen LogP contribution in [0.1, 0.15) is 16.3 Å². The van der Waals surface area contributed by atoms with Gasteiger partial charge in [0.1, 0.15) is 0 Å². The van der Waals surface area contributed by atoms with Gasteiger partial charge in [-0.25, -0.2) is 28.2 Å². The molecule has 0 saturated carbocycles. The molecule has 0 saturated heterocycles. The van der Waals surface area contributed by atoms with Gasteiger partial charge >= 0.3 is 0 Å². The number of hydrogen-bond acceptors (Lipinski definition) is 7. The molecule has 0 aliphatic heterocycles. The fourth-order valence-electron chi connectivity index (χ4n) is 1.78. The molecule has 3 heterocycles. The Kier molecular flexibility index (Phi) is 4.22. The second kappa shape index (κ2) is 6.48. The van der Waals surface area contributed by atoms with Gasteiger partial charge in [-0.15, -0.1) is 5.10 Å². The van der Waals surface area contributed by atoms with Crippen molar-refractivity contribution >= 4 is 17.5 Å². The molecule has 3 aromatic heterocycles. The van der Waals surface area contributed by atoms with Crippen LogP contribution in [0.3, 0.4) is 0 Å². The smallest absolute Gasteiger partial charge is 0.296 e. The number of amides is 1.